The molecular formula is C16H18ClNO3. The van der Waals surface area contributed by atoms with Gasteiger partial charge in [-0.15, -0.1) is 0 Å². The fourth-order valence-corrected chi connectivity index (χ4v) is 2.75. The van der Waals surface area contributed by atoms with E-state index < -0.39 is 17.8 Å². The number of allylic oxidation sites excluding steroid dienone is 2. The van der Waals surface area contributed by atoms with E-state index in [0.717, 1.165) is 16.8 Å². The molecule has 0 unspecified atom stereocenters. The number of aliphatic carboxylic acids is 1. The maximum Gasteiger partial charge on any atom is 0.307 e. The van der Waals surface area contributed by atoms with E-state index in [1.165, 1.54) is 0 Å². The standard InChI is InChI=1S/C16H18ClNO3/c1-9-3-4-10(2)14(7-9)18-15(19)13-8-11(17)5-6-12(13)16(20)21/h3-5,7,12-13H,6,8H2,1-2H3,(H,18,19)(H,20,21)/t12-,13-/m1/s1. The Morgan fingerprint density at radius 3 is 2.67 bits per heavy atom. The quantitative estimate of drug-likeness (QED) is 0.898. The third-order valence-electron chi connectivity index (χ3n) is 3.80. The van der Waals surface area contributed by atoms with E-state index >= 15 is 0 Å². The van der Waals surface area contributed by atoms with Crippen LogP contribution in [-0.2, 0) is 9.59 Å². The monoisotopic (exact) mass is 307 g/mol. The zero-order chi connectivity index (χ0) is 15.6. The zero-order valence-electron chi connectivity index (χ0n) is 12.0. The molecule has 2 atom stereocenters. The number of benzene rings is 1. The first-order valence-corrected chi connectivity index (χ1v) is 7.21. The molecule has 1 aliphatic carbocycles. The zero-order valence-corrected chi connectivity index (χ0v) is 12.8. The highest BCUT2D eigenvalue weighted by Crippen LogP contribution is 2.33. The summed E-state index contributed by atoms with van der Waals surface area (Å²) in [6.45, 7) is 3.84. The van der Waals surface area contributed by atoms with E-state index in [1.54, 1.807) is 6.08 Å². The molecule has 4 nitrogen and oxygen atoms in total. The van der Waals surface area contributed by atoms with Gasteiger partial charge in [0.2, 0.25) is 5.91 Å². The van der Waals surface area contributed by atoms with E-state index in [1.807, 2.05) is 32.0 Å². The van der Waals surface area contributed by atoms with Crippen LogP contribution >= 0.6 is 11.6 Å². The van der Waals surface area contributed by atoms with Gasteiger partial charge in [0.25, 0.3) is 0 Å². The van der Waals surface area contributed by atoms with E-state index in [9.17, 15) is 14.7 Å². The van der Waals surface area contributed by atoms with Crippen molar-refractivity contribution in [2.45, 2.75) is 26.7 Å². The van der Waals surface area contributed by atoms with Crippen molar-refractivity contribution < 1.29 is 14.7 Å². The highest BCUT2D eigenvalue weighted by Gasteiger charge is 2.36. The topological polar surface area (TPSA) is 66.4 Å². The molecule has 1 aromatic rings. The van der Waals surface area contributed by atoms with Crippen molar-refractivity contribution in [3.8, 4) is 0 Å². The predicted molar refractivity (Wildman–Crippen MR) is 82.3 cm³/mol. The fraction of sp³-hybridized carbons (Fsp3) is 0.375. The Balaban J connectivity index is 2.20. The van der Waals surface area contributed by atoms with Crippen LogP contribution in [0.25, 0.3) is 0 Å². The molecule has 0 bridgehead atoms. The number of nitrogens with one attached hydrogen (secondary N) is 1. The summed E-state index contributed by atoms with van der Waals surface area (Å²) in [7, 11) is 0. The molecule has 112 valence electrons. The smallest absolute Gasteiger partial charge is 0.307 e. The van der Waals surface area contributed by atoms with Gasteiger partial charge in [0.05, 0.1) is 11.8 Å². The molecule has 0 aliphatic heterocycles. The summed E-state index contributed by atoms with van der Waals surface area (Å²) in [6, 6.07) is 5.77. The molecule has 1 amide bonds. The second-order valence-electron chi connectivity index (χ2n) is 5.45. The molecule has 1 aromatic carbocycles. The lowest BCUT2D eigenvalue weighted by Crippen LogP contribution is -2.35. The number of carboxylic acid groups (broad SMARTS) is 1. The number of hydrogen-bond donors (Lipinski definition) is 2. The third-order valence-corrected chi connectivity index (χ3v) is 4.11. The van der Waals surface area contributed by atoms with Gasteiger partial charge in [0.1, 0.15) is 0 Å². The molecule has 0 spiro atoms. The molecule has 0 saturated heterocycles. The van der Waals surface area contributed by atoms with Gasteiger partial charge in [-0.2, -0.15) is 0 Å². The average Bonchev–Trinajstić information content (AvgIpc) is 2.42. The third kappa shape index (κ3) is 3.64. The number of hydrogen-bond acceptors (Lipinski definition) is 2. The van der Waals surface area contributed by atoms with Gasteiger partial charge in [-0.05, 0) is 43.9 Å². The van der Waals surface area contributed by atoms with Crippen LogP contribution < -0.4 is 5.32 Å². The van der Waals surface area contributed by atoms with Crippen LogP contribution in [-0.4, -0.2) is 17.0 Å². The van der Waals surface area contributed by atoms with Gasteiger partial charge in [0, 0.05) is 10.7 Å². The Labute approximate surface area is 128 Å². The van der Waals surface area contributed by atoms with Crippen molar-refractivity contribution in [2.24, 2.45) is 11.8 Å². The number of carbonyl (C=O) groups excluding carboxylic acids is 1. The molecule has 0 saturated carbocycles. The lowest BCUT2D eigenvalue weighted by Gasteiger charge is -2.26. The molecule has 1 aliphatic rings. The van der Waals surface area contributed by atoms with Crippen LogP contribution in [0.4, 0.5) is 5.69 Å². The molecule has 0 fully saturated rings. The van der Waals surface area contributed by atoms with Crippen LogP contribution in [0.15, 0.2) is 29.3 Å². The second kappa shape index (κ2) is 6.31. The summed E-state index contributed by atoms with van der Waals surface area (Å²) in [5.41, 5.74) is 2.69. The Bertz CT molecular complexity index is 610. The first kappa shape index (κ1) is 15.6. The fourth-order valence-electron chi connectivity index (χ4n) is 2.50. The SMILES string of the molecule is Cc1ccc(C)c(NC(=O)[C@@H]2CC(Cl)=CC[C@H]2C(=O)O)c1. The molecule has 5 heteroatoms. The first-order chi connectivity index (χ1) is 9.88. The van der Waals surface area contributed by atoms with Gasteiger partial charge in [0.15, 0.2) is 0 Å². The number of carbonyl (C=O) groups is 2. The second-order valence-corrected chi connectivity index (χ2v) is 5.94. The average molecular weight is 308 g/mol. The minimum absolute atomic E-state index is 0.273. The van der Waals surface area contributed by atoms with E-state index in [0.29, 0.717) is 11.5 Å². The minimum atomic E-state index is -0.962. The largest absolute Gasteiger partial charge is 0.481 e. The lowest BCUT2D eigenvalue weighted by molar-refractivity contribution is -0.146. The van der Waals surface area contributed by atoms with Crippen molar-refractivity contribution in [3.05, 3.63) is 40.4 Å². The molecular weight excluding hydrogens is 290 g/mol. The van der Waals surface area contributed by atoms with Crippen LogP contribution in [0.1, 0.15) is 24.0 Å². The Morgan fingerprint density at radius 1 is 1.29 bits per heavy atom. The normalized spacial score (nSPS) is 21.6. The summed E-state index contributed by atoms with van der Waals surface area (Å²) in [6.07, 6.45) is 2.25. The van der Waals surface area contributed by atoms with Crippen LogP contribution in [0, 0.1) is 25.7 Å². The van der Waals surface area contributed by atoms with E-state index in [-0.39, 0.29) is 12.3 Å². The molecule has 21 heavy (non-hydrogen) atoms. The number of carboxylic acids is 1. The van der Waals surface area contributed by atoms with Gasteiger partial charge < -0.3 is 10.4 Å². The van der Waals surface area contributed by atoms with Crippen molar-refractivity contribution in [2.75, 3.05) is 5.32 Å². The van der Waals surface area contributed by atoms with Crippen LogP contribution in [0.5, 0.6) is 0 Å². The molecule has 0 heterocycles. The summed E-state index contributed by atoms with van der Waals surface area (Å²) in [5.74, 6) is -2.61. The van der Waals surface area contributed by atoms with E-state index in [4.69, 9.17) is 11.6 Å². The van der Waals surface area contributed by atoms with E-state index in [2.05, 4.69) is 5.32 Å². The van der Waals surface area contributed by atoms with Gasteiger partial charge in [-0.25, -0.2) is 0 Å². The highest BCUT2D eigenvalue weighted by atomic mass is 35.5. The summed E-state index contributed by atoms with van der Waals surface area (Å²) >= 11 is 5.97. The van der Waals surface area contributed by atoms with Gasteiger partial charge >= 0.3 is 5.97 Å². The number of anilines is 1. The number of amides is 1. The summed E-state index contributed by atoms with van der Waals surface area (Å²) < 4.78 is 0. The molecule has 0 aromatic heterocycles. The van der Waals surface area contributed by atoms with Crippen molar-refractivity contribution in [1.82, 2.24) is 0 Å². The minimum Gasteiger partial charge on any atom is -0.481 e. The Hall–Kier alpha value is -1.81. The van der Waals surface area contributed by atoms with Crippen LogP contribution in [0.3, 0.4) is 0 Å². The number of aryl methyl sites for hydroxylation is 2. The molecule has 2 rings (SSSR count). The Kier molecular flexibility index (Phi) is 4.68. The van der Waals surface area contributed by atoms with Crippen molar-refractivity contribution >= 4 is 29.2 Å². The van der Waals surface area contributed by atoms with Crippen molar-refractivity contribution in [3.63, 3.8) is 0 Å². The summed E-state index contributed by atoms with van der Waals surface area (Å²) in [4.78, 5) is 23.7. The maximum absolute atomic E-state index is 12.4. The van der Waals surface area contributed by atoms with Gasteiger partial charge in [-0.3, -0.25) is 9.59 Å². The number of halogens is 1. The lowest BCUT2D eigenvalue weighted by atomic mass is 9.82. The summed E-state index contributed by atoms with van der Waals surface area (Å²) in [5, 5.41) is 12.6. The predicted octanol–water partition coefficient (Wildman–Crippen LogP) is 3.48. The maximum atomic E-state index is 12.4. The van der Waals surface area contributed by atoms with Crippen molar-refractivity contribution in [1.29, 1.82) is 0 Å². The molecule has 2 N–H and O–H groups in total. The highest BCUT2D eigenvalue weighted by molar-refractivity contribution is 6.29. The molecule has 0 radical (unpaired) electrons. The van der Waals surface area contributed by atoms with Gasteiger partial charge in [-0.1, -0.05) is 29.8 Å². The first-order valence-electron chi connectivity index (χ1n) is 6.84. The number of rotatable bonds is 3. The Morgan fingerprint density at radius 2 is 2.00 bits per heavy atom. The van der Waals surface area contributed by atoms with Crippen LogP contribution in [0.2, 0.25) is 0 Å².